The van der Waals surface area contributed by atoms with E-state index in [-0.39, 0.29) is 22.4 Å². The number of aromatic nitrogens is 2. The summed E-state index contributed by atoms with van der Waals surface area (Å²) in [5.74, 6) is -1.01. The van der Waals surface area contributed by atoms with Crippen molar-refractivity contribution in [3.8, 4) is 0 Å². The molecule has 2 N–H and O–H groups in total. The number of halogens is 1. The van der Waals surface area contributed by atoms with Gasteiger partial charge >= 0.3 is 0 Å². The summed E-state index contributed by atoms with van der Waals surface area (Å²) in [6.07, 6.45) is 1.72. The Morgan fingerprint density at radius 3 is 2.60 bits per heavy atom. The Balaban J connectivity index is 2.28. The molecule has 1 heterocycles. The molecule has 0 aliphatic carbocycles. The van der Waals surface area contributed by atoms with Crippen LogP contribution in [0.2, 0.25) is 0 Å². The van der Waals surface area contributed by atoms with E-state index < -0.39 is 15.7 Å². The number of nitrogens with zero attached hydrogens (tertiary/aromatic N) is 2. The van der Waals surface area contributed by atoms with Crippen LogP contribution in [0, 0.1) is 5.82 Å². The minimum absolute atomic E-state index is 0.0759. The molecule has 1 aromatic carbocycles. The van der Waals surface area contributed by atoms with Crippen molar-refractivity contribution < 1.29 is 12.8 Å². The van der Waals surface area contributed by atoms with E-state index in [9.17, 15) is 12.8 Å². The number of rotatable bonds is 4. The van der Waals surface area contributed by atoms with E-state index in [1.165, 1.54) is 12.1 Å². The molecule has 0 spiro atoms. The van der Waals surface area contributed by atoms with Crippen LogP contribution in [0.4, 0.5) is 10.1 Å². The molecule has 0 amide bonds. The van der Waals surface area contributed by atoms with Crippen LogP contribution in [0.1, 0.15) is 25.6 Å². The highest BCUT2D eigenvalue weighted by Crippen LogP contribution is 2.20. The largest absolute Gasteiger partial charge is 0.396 e. The van der Waals surface area contributed by atoms with E-state index in [1.54, 1.807) is 16.9 Å². The fourth-order valence-corrected chi connectivity index (χ4v) is 2.99. The lowest BCUT2D eigenvalue weighted by Crippen LogP contribution is -2.08. The van der Waals surface area contributed by atoms with Gasteiger partial charge in [-0.15, -0.1) is 0 Å². The molecule has 2 rings (SSSR count). The number of sulfone groups is 1. The van der Waals surface area contributed by atoms with Crippen molar-refractivity contribution in [2.75, 3.05) is 5.73 Å². The molecule has 0 unspecified atom stereocenters. The Labute approximate surface area is 117 Å². The molecule has 0 aliphatic rings. The van der Waals surface area contributed by atoms with Crippen LogP contribution >= 0.6 is 0 Å². The minimum atomic E-state index is -3.64. The number of benzene rings is 1. The van der Waals surface area contributed by atoms with Gasteiger partial charge in [-0.05, 0) is 38.1 Å². The van der Waals surface area contributed by atoms with Gasteiger partial charge in [0.1, 0.15) is 5.82 Å². The molecule has 0 aliphatic heterocycles. The standard InChI is InChI=1S/C13H16FN3O2S/c1-9(2)17-6-5-10(16-17)8-20(18,19)11-3-4-13(15)12(14)7-11/h3-7,9H,8,15H2,1-2H3. The monoisotopic (exact) mass is 297 g/mol. The molecule has 108 valence electrons. The van der Waals surface area contributed by atoms with Gasteiger partial charge in [-0.25, -0.2) is 12.8 Å². The zero-order chi connectivity index (χ0) is 14.9. The van der Waals surface area contributed by atoms with Crippen molar-refractivity contribution in [1.29, 1.82) is 0 Å². The zero-order valence-corrected chi connectivity index (χ0v) is 12.1. The van der Waals surface area contributed by atoms with E-state index in [0.717, 1.165) is 6.07 Å². The van der Waals surface area contributed by atoms with E-state index in [1.807, 2.05) is 13.8 Å². The summed E-state index contributed by atoms with van der Waals surface area (Å²) in [7, 11) is -3.64. The molecule has 1 aromatic heterocycles. The number of hydrogen-bond donors (Lipinski definition) is 1. The Bertz CT molecular complexity index is 723. The topological polar surface area (TPSA) is 78.0 Å². The molecular weight excluding hydrogens is 281 g/mol. The molecule has 7 heteroatoms. The van der Waals surface area contributed by atoms with Gasteiger partial charge in [-0.3, -0.25) is 4.68 Å². The van der Waals surface area contributed by atoms with Crippen molar-refractivity contribution in [3.63, 3.8) is 0 Å². The van der Waals surface area contributed by atoms with E-state index in [2.05, 4.69) is 5.10 Å². The number of hydrogen-bond acceptors (Lipinski definition) is 4. The van der Waals surface area contributed by atoms with Gasteiger partial charge in [0.2, 0.25) is 0 Å². The second-order valence-corrected chi connectivity index (χ2v) is 6.81. The maximum atomic E-state index is 13.3. The molecular formula is C13H16FN3O2S. The molecule has 0 bridgehead atoms. The van der Waals surface area contributed by atoms with E-state index in [0.29, 0.717) is 5.69 Å². The summed E-state index contributed by atoms with van der Waals surface area (Å²) in [6.45, 7) is 3.89. The average Bonchev–Trinajstić information content (AvgIpc) is 2.80. The first-order valence-corrected chi connectivity index (χ1v) is 7.76. The summed E-state index contributed by atoms with van der Waals surface area (Å²) >= 11 is 0. The highest BCUT2D eigenvalue weighted by Gasteiger charge is 2.18. The Morgan fingerprint density at radius 1 is 1.35 bits per heavy atom. The summed E-state index contributed by atoms with van der Waals surface area (Å²) in [6, 6.07) is 5.28. The van der Waals surface area contributed by atoms with Crippen LogP contribution in [0.5, 0.6) is 0 Å². The normalized spacial score (nSPS) is 12.0. The van der Waals surface area contributed by atoms with Crippen LogP contribution in [0.15, 0.2) is 35.4 Å². The van der Waals surface area contributed by atoms with Crippen molar-refractivity contribution in [2.45, 2.75) is 30.5 Å². The van der Waals surface area contributed by atoms with Gasteiger partial charge in [0.15, 0.2) is 9.84 Å². The predicted molar refractivity (Wildman–Crippen MR) is 74.3 cm³/mol. The second kappa shape index (κ2) is 5.24. The summed E-state index contributed by atoms with van der Waals surface area (Å²) < 4.78 is 39.4. The van der Waals surface area contributed by atoms with Gasteiger partial charge in [0.05, 0.1) is 22.0 Å². The third kappa shape index (κ3) is 2.98. The fraction of sp³-hybridized carbons (Fsp3) is 0.308. The maximum Gasteiger partial charge on any atom is 0.184 e. The molecule has 20 heavy (non-hydrogen) atoms. The molecule has 5 nitrogen and oxygen atoms in total. The maximum absolute atomic E-state index is 13.3. The van der Waals surface area contributed by atoms with Crippen molar-refractivity contribution in [1.82, 2.24) is 9.78 Å². The summed E-state index contributed by atoms with van der Waals surface area (Å²) in [5, 5.41) is 4.18. The predicted octanol–water partition coefficient (Wildman–Crippen LogP) is 2.16. The molecule has 0 saturated heterocycles. The molecule has 2 aromatic rings. The van der Waals surface area contributed by atoms with Gasteiger partial charge in [0.25, 0.3) is 0 Å². The molecule has 0 radical (unpaired) electrons. The van der Waals surface area contributed by atoms with Gasteiger partial charge in [0, 0.05) is 12.2 Å². The first-order chi connectivity index (χ1) is 9.29. The van der Waals surface area contributed by atoms with E-state index >= 15 is 0 Å². The highest BCUT2D eigenvalue weighted by atomic mass is 32.2. The Hall–Kier alpha value is -1.89. The minimum Gasteiger partial charge on any atom is -0.396 e. The summed E-state index contributed by atoms with van der Waals surface area (Å²) in [4.78, 5) is -0.0942. The van der Waals surface area contributed by atoms with Crippen LogP contribution in [-0.2, 0) is 15.6 Å². The third-order valence-corrected chi connectivity index (χ3v) is 4.51. The lowest BCUT2D eigenvalue weighted by molar-refractivity contribution is 0.527. The highest BCUT2D eigenvalue weighted by molar-refractivity contribution is 7.90. The van der Waals surface area contributed by atoms with Crippen molar-refractivity contribution >= 4 is 15.5 Å². The average molecular weight is 297 g/mol. The lowest BCUT2D eigenvalue weighted by Gasteiger charge is -2.05. The molecule has 0 atom stereocenters. The Kier molecular flexibility index (Phi) is 3.80. The van der Waals surface area contributed by atoms with Crippen molar-refractivity contribution in [3.05, 3.63) is 42.0 Å². The molecule has 0 saturated carbocycles. The Morgan fingerprint density at radius 2 is 2.05 bits per heavy atom. The lowest BCUT2D eigenvalue weighted by atomic mass is 10.3. The first-order valence-electron chi connectivity index (χ1n) is 6.11. The SMILES string of the molecule is CC(C)n1ccc(CS(=O)(=O)c2ccc(N)c(F)c2)n1. The smallest absolute Gasteiger partial charge is 0.184 e. The number of anilines is 1. The van der Waals surface area contributed by atoms with Crippen LogP contribution in [0.3, 0.4) is 0 Å². The quantitative estimate of drug-likeness (QED) is 0.877. The zero-order valence-electron chi connectivity index (χ0n) is 11.2. The van der Waals surface area contributed by atoms with Gasteiger partial charge in [-0.1, -0.05) is 0 Å². The third-order valence-electron chi connectivity index (χ3n) is 2.86. The van der Waals surface area contributed by atoms with Crippen molar-refractivity contribution in [2.24, 2.45) is 0 Å². The van der Waals surface area contributed by atoms with Crippen LogP contribution in [0.25, 0.3) is 0 Å². The van der Waals surface area contributed by atoms with E-state index in [4.69, 9.17) is 5.73 Å². The first kappa shape index (κ1) is 14.5. The van der Waals surface area contributed by atoms with Gasteiger partial charge in [-0.2, -0.15) is 5.10 Å². The molecule has 0 fully saturated rings. The number of nitrogen functional groups attached to an aromatic ring is 1. The summed E-state index contributed by atoms with van der Waals surface area (Å²) in [5.41, 5.74) is 5.69. The second-order valence-electron chi connectivity index (χ2n) is 4.82. The number of nitrogens with two attached hydrogens (primary N) is 1. The van der Waals surface area contributed by atoms with Crippen LogP contribution < -0.4 is 5.73 Å². The van der Waals surface area contributed by atoms with Crippen LogP contribution in [-0.4, -0.2) is 18.2 Å². The fourth-order valence-electron chi connectivity index (χ4n) is 1.72. The van der Waals surface area contributed by atoms with Gasteiger partial charge < -0.3 is 5.73 Å².